The van der Waals surface area contributed by atoms with Crippen molar-refractivity contribution in [1.29, 1.82) is 0 Å². The highest BCUT2D eigenvalue weighted by Crippen LogP contribution is 2.44. The summed E-state index contributed by atoms with van der Waals surface area (Å²) in [5.41, 5.74) is -1.26. The highest BCUT2D eigenvalue weighted by atomic mass is 35.5. The van der Waals surface area contributed by atoms with Crippen LogP contribution in [0.3, 0.4) is 0 Å². The maximum atomic E-state index is 12.8. The molecule has 2 aliphatic heterocycles. The predicted molar refractivity (Wildman–Crippen MR) is 117 cm³/mol. The molecule has 0 aromatic carbocycles. The zero-order valence-corrected chi connectivity index (χ0v) is 19.5. The van der Waals surface area contributed by atoms with Crippen LogP contribution in [0.25, 0.3) is 5.57 Å². The summed E-state index contributed by atoms with van der Waals surface area (Å²) in [6.07, 6.45) is 1.37. The van der Waals surface area contributed by atoms with Crippen LogP contribution in [0.15, 0.2) is 32.5 Å². The summed E-state index contributed by atoms with van der Waals surface area (Å²) in [4.78, 5) is 39.1. The van der Waals surface area contributed by atoms with Crippen LogP contribution < -0.4 is 5.32 Å². The van der Waals surface area contributed by atoms with E-state index in [4.69, 9.17) is 27.6 Å². The minimum Gasteiger partial charge on any atom is -0.481 e. The number of halogens is 2. The van der Waals surface area contributed by atoms with E-state index >= 15 is 0 Å². The molecule has 2 aromatic rings. The molecule has 0 bridgehead atoms. The molecular weight excluding hydrogens is 503 g/mol. The van der Waals surface area contributed by atoms with Crippen molar-refractivity contribution in [3.63, 3.8) is 0 Å². The standard InChI is InChI=1S/C17H16Cl2N6O5S2/c1-24-16(21-22-23-24)32-7-17(15(28)29)5-25-13(27)10(14(25)31-6-17)20-12(26)9(11(18)19)8-3-2-4-30-8/h2-4,10,14H,5-7H2,1H3,(H,20,26)(H,28,29)/t10?,14-,17?/m1/s1. The number of hydrogen-bond donors (Lipinski definition) is 2. The van der Waals surface area contributed by atoms with E-state index < -0.39 is 28.7 Å². The van der Waals surface area contributed by atoms with Crippen molar-refractivity contribution in [2.24, 2.45) is 12.5 Å². The average Bonchev–Trinajstić information content (AvgIpc) is 3.42. The summed E-state index contributed by atoms with van der Waals surface area (Å²) >= 11 is 14.2. The Kier molecular flexibility index (Phi) is 6.43. The zero-order chi connectivity index (χ0) is 23.0. The van der Waals surface area contributed by atoms with Gasteiger partial charge in [-0.1, -0.05) is 35.0 Å². The van der Waals surface area contributed by atoms with E-state index in [0.29, 0.717) is 5.16 Å². The van der Waals surface area contributed by atoms with Gasteiger partial charge in [-0.25, -0.2) is 4.68 Å². The lowest BCUT2D eigenvalue weighted by atomic mass is 9.89. The number of tetrazole rings is 1. The van der Waals surface area contributed by atoms with Gasteiger partial charge in [0.1, 0.15) is 32.7 Å². The van der Waals surface area contributed by atoms with Crippen LogP contribution in [0.4, 0.5) is 0 Å². The van der Waals surface area contributed by atoms with Gasteiger partial charge >= 0.3 is 5.97 Å². The van der Waals surface area contributed by atoms with Crippen LogP contribution in [-0.2, 0) is 21.4 Å². The second-order valence-corrected chi connectivity index (χ2v) is 10.2. The van der Waals surface area contributed by atoms with Crippen LogP contribution in [0.5, 0.6) is 0 Å². The fourth-order valence-electron chi connectivity index (χ4n) is 3.38. The van der Waals surface area contributed by atoms with Gasteiger partial charge in [0.05, 0.1) is 6.26 Å². The quantitative estimate of drug-likeness (QED) is 0.311. The third kappa shape index (κ3) is 4.09. The van der Waals surface area contributed by atoms with E-state index in [-0.39, 0.29) is 39.8 Å². The maximum absolute atomic E-state index is 12.8. The Balaban J connectivity index is 1.44. The molecule has 4 heterocycles. The van der Waals surface area contributed by atoms with E-state index in [1.54, 1.807) is 13.1 Å². The lowest BCUT2D eigenvalue weighted by Crippen LogP contribution is -2.74. The second kappa shape index (κ2) is 8.96. The lowest BCUT2D eigenvalue weighted by Gasteiger charge is -2.53. The number of thioether (sulfide) groups is 2. The number of amides is 2. The summed E-state index contributed by atoms with van der Waals surface area (Å²) in [5, 5.41) is 23.8. The minimum atomic E-state index is -1.18. The van der Waals surface area contributed by atoms with Crippen molar-refractivity contribution in [3.05, 3.63) is 28.6 Å². The number of nitrogens with one attached hydrogen (secondary N) is 1. The first kappa shape index (κ1) is 23.0. The van der Waals surface area contributed by atoms with Gasteiger partial charge in [-0.3, -0.25) is 14.4 Å². The minimum absolute atomic E-state index is 0.0145. The summed E-state index contributed by atoms with van der Waals surface area (Å²) in [7, 11) is 1.66. The fraction of sp³-hybridized carbons (Fsp3) is 0.412. The number of hydrogen-bond acceptors (Lipinski definition) is 9. The van der Waals surface area contributed by atoms with Crippen molar-refractivity contribution in [3.8, 4) is 0 Å². The molecule has 0 radical (unpaired) electrons. The van der Waals surface area contributed by atoms with Crippen molar-refractivity contribution in [2.75, 3.05) is 18.1 Å². The Labute approximate surface area is 199 Å². The molecule has 2 N–H and O–H groups in total. The van der Waals surface area contributed by atoms with Crippen molar-refractivity contribution in [1.82, 2.24) is 30.4 Å². The molecule has 0 saturated carbocycles. The van der Waals surface area contributed by atoms with Crippen LogP contribution in [0, 0.1) is 5.41 Å². The molecule has 15 heteroatoms. The largest absolute Gasteiger partial charge is 0.481 e. The molecular formula is C17H16Cl2N6O5S2. The van der Waals surface area contributed by atoms with E-state index in [1.807, 2.05) is 0 Å². The molecule has 2 aliphatic rings. The number of aryl methyl sites for hydroxylation is 1. The summed E-state index contributed by atoms with van der Waals surface area (Å²) in [6, 6.07) is 2.27. The molecule has 2 unspecified atom stereocenters. The Bertz CT molecular complexity index is 1090. The first-order valence-electron chi connectivity index (χ1n) is 9.14. The number of carboxylic acid groups (broad SMARTS) is 1. The topological polar surface area (TPSA) is 143 Å². The monoisotopic (exact) mass is 518 g/mol. The number of rotatable bonds is 7. The summed E-state index contributed by atoms with van der Waals surface area (Å²) < 4.78 is 6.35. The number of aromatic nitrogens is 4. The second-order valence-electron chi connectivity index (χ2n) is 7.19. The molecule has 11 nitrogen and oxygen atoms in total. The van der Waals surface area contributed by atoms with Gasteiger partial charge in [-0.15, -0.1) is 16.9 Å². The molecule has 170 valence electrons. The van der Waals surface area contributed by atoms with Crippen LogP contribution in [0.1, 0.15) is 5.76 Å². The zero-order valence-electron chi connectivity index (χ0n) is 16.4. The molecule has 2 fully saturated rings. The number of furan rings is 1. The number of carbonyl (C=O) groups is 3. The third-order valence-corrected chi connectivity index (χ3v) is 8.39. The van der Waals surface area contributed by atoms with E-state index in [0.717, 1.165) is 0 Å². The number of carbonyl (C=O) groups excluding carboxylic acids is 2. The molecule has 3 atom stereocenters. The van der Waals surface area contributed by atoms with Crippen LogP contribution in [-0.4, -0.2) is 77.5 Å². The normalized spacial score (nSPS) is 24.5. The van der Waals surface area contributed by atoms with E-state index in [1.165, 1.54) is 45.4 Å². The molecule has 2 aromatic heterocycles. The number of aliphatic carboxylic acids is 1. The molecule has 0 aliphatic carbocycles. The first-order valence-corrected chi connectivity index (χ1v) is 11.9. The molecule has 0 spiro atoms. The molecule has 4 rings (SSSR count). The van der Waals surface area contributed by atoms with Crippen molar-refractivity contribution < 1.29 is 23.9 Å². The Morgan fingerprint density at radius 1 is 1.47 bits per heavy atom. The average molecular weight is 519 g/mol. The molecule has 2 amide bonds. The highest BCUT2D eigenvalue weighted by molar-refractivity contribution is 8.00. The summed E-state index contributed by atoms with van der Waals surface area (Å²) in [6.45, 7) is 0.0145. The Morgan fingerprint density at radius 2 is 2.25 bits per heavy atom. The molecule has 32 heavy (non-hydrogen) atoms. The van der Waals surface area contributed by atoms with Gasteiger partial charge < -0.3 is 19.7 Å². The Hall–Kier alpha value is -2.22. The van der Waals surface area contributed by atoms with Gasteiger partial charge in [-0.2, -0.15) is 0 Å². The van der Waals surface area contributed by atoms with E-state index in [9.17, 15) is 19.5 Å². The van der Waals surface area contributed by atoms with Crippen LogP contribution in [0.2, 0.25) is 0 Å². The number of carboxylic acids is 1. The first-order chi connectivity index (χ1) is 15.2. The fourth-order valence-corrected chi connectivity index (χ4v) is 6.45. The third-order valence-electron chi connectivity index (χ3n) is 5.13. The molecule has 2 saturated heterocycles. The van der Waals surface area contributed by atoms with Gasteiger partial charge in [0, 0.05) is 25.1 Å². The number of β-lactam (4-membered cyclic amide) rings is 1. The van der Waals surface area contributed by atoms with Crippen LogP contribution >= 0.6 is 46.7 Å². The highest BCUT2D eigenvalue weighted by Gasteiger charge is 2.57. The summed E-state index contributed by atoms with van der Waals surface area (Å²) in [5.74, 6) is -1.44. The van der Waals surface area contributed by atoms with Gasteiger partial charge in [0.15, 0.2) is 0 Å². The van der Waals surface area contributed by atoms with Gasteiger partial charge in [0.25, 0.3) is 5.91 Å². The SMILES string of the molecule is Cn1nnnc1SCC1(C(=O)O)CS[C@@H]2C(NC(=O)C(=C(Cl)Cl)c3ccco3)C(=O)N2C1. The van der Waals surface area contributed by atoms with Crippen molar-refractivity contribution >= 4 is 70.1 Å². The van der Waals surface area contributed by atoms with Crippen molar-refractivity contribution in [2.45, 2.75) is 16.6 Å². The number of fused-ring (bicyclic) bond motifs is 1. The van der Waals surface area contributed by atoms with Gasteiger partial charge in [0.2, 0.25) is 11.1 Å². The predicted octanol–water partition coefficient (Wildman–Crippen LogP) is 1.21. The lowest BCUT2D eigenvalue weighted by molar-refractivity contribution is -0.157. The van der Waals surface area contributed by atoms with Gasteiger partial charge in [-0.05, 0) is 22.6 Å². The number of nitrogens with zero attached hydrogens (tertiary/aromatic N) is 5. The maximum Gasteiger partial charge on any atom is 0.313 e. The Morgan fingerprint density at radius 3 is 2.84 bits per heavy atom. The van der Waals surface area contributed by atoms with E-state index in [2.05, 4.69) is 20.8 Å². The smallest absolute Gasteiger partial charge is 0.313 e.